The molecule has 2 aliphatic heterocycles. The third kappa shape index (κ3) is 2.42. The molecule has 4 nitrogen and oxygen atoms in total. The first-order valence-corrected chi connectivity index (χ1v) is 7.19. The minimum absolute atomic E-state index is 0.215. The highest BCUT2D eigenvalue weighted by Gasteiger charge is 2.39. The summed E-state index contributed by atoms with van der Waals surface area (Å²) < 4.78 is 0. The molecule has 1 aromatic rings. The lowest BCUT2D eigenvalue weighted by Crippen LogP contribution is -2.61. The van der Waals surface area contributed by atoms with Gasteiger partial charge < -0.3 is 15.7 Å². The molecule has 0 amide bonds. The summed E-state index contributed by atoms with van der Waals surface area (Å²) in [5, 5.41) is 9.94. The molecule has 1 aromatic carbocycles. The summed E-state index contributed by atoms with van der Waals surface area (Å²) in [5.41, 5.74) is 7.79. The highest BCUT2D eigenvalue weighted by Crippen LogP contribution is 2.30. The highest BCUT2D eigenvalue weighted by molar-refractivity contribution is 5.53. The molecule has 0 saturated carbocycles. The maximum atomic E-state index is 9.94. The van der Waals surface area contributed by atoms with Crippen LogP contribution in [0.5, 0.6) is 0 Å². The van der Waals surface area contributed by atoms with Gasteiger partial charge in [-0.1, -0.05) is 6.92 Å². The van der Waals surface area contributed by atoms with Gasteiger partial charge in [-0.05, 0) is 37.1 Å². The van der Waals surface area contributed by atoms with Crippen molar-refractivity contribution in [3.63, 3.8) is 0 Å². The summed E-state index contributed by atoms with van der Waals surface area (Å²) in [7, 11) is 0. The number of likely N-dealkylation sites (tertiary alicyclic amines) is 1. The summed E-state index contributed by atoms with van der Waals surface area (Å²) in [5.74, 6) is 0.440. The number of benzene rings is 1. The number of rotatable bonds is 2. The lowest BCUT2D eigenvalue weighted by molar-refractivity contribution is -0.147. The fourth-order valence-corrected chi connectivity index (χ4v) is 3.23. The average Bonchev–Trinajstić information content (AvgIpc) is 2.45. The second-order valence-electron chi connectivity index (χ2n) is 5.90. The van der Waals surface area contributed by atoms with E-state index in [0.717, 1.165) is 38.2 Å². The molecule has 0 radical (unpaired) electrons. The smallest absolute Gasteiger partial charge is 0.111 e. The molecule has 3 N–H and O–H groups in total. The minimum atomic E-state index is -0.215. The SMILES string of the molecule is CC1CN(C2CCN(c3ccc(N)cc3)CC2)C1O. The minimum Gasteiger partial charge on any atom is -0.399 e. The Balaban J connectivity index is 1.56. The van der Waals surface area contributed by atoms with Gasteiger partial charge in [-0.2, -0.15) is 0 Å². The van der Waals surface area contributed by atoms with E-state index >= 15 is 0 Å². The Hall–Kier alpha value is -1.26. The first-order valence-electron chi connectivity index (χ1n) is 7.19. The molecule has 4 heteroatoms. The molecule has 0 bridgehead atoms. The van der Waals surface area contributed by atoms with Crippen LogP contribution >= 0.6 is 0 Å². The third-order valence-electron chi connectivity index (χ3n) is 4.54. The van der Waals surface area contributed by atoms with E-state index in [-0.39, 0.29) is 6.23 Å². The predicted octanol–water partition coefficient (Wildman–Crippen LogP) is 1.51. The maximum absolute atomic E-state index is 9.94. The van der Waals surface area contributed by atoms with Crippen LogP contribution in [0.15, 0.2) is 24.3 Å². The summed E-state index contributed by atoms with van der Waals surface area (Å²) >= 11 is 0. The molecule has 3 rings (SSSR count). The second-order valence-corrected chi connectivity index (χ2v) is 5.90. The molecule has 2 unspecified atom stereocenters. The molecular formula is C15H23N3O. The van der Waals surface area contributed by atoms with Crippen LogP contribution in [0.1, 0.15) is 19.8 Å². The van der Waals surface area contributed by atoms with E-state index in [2.05, 4.69) is 28.9 Å². The van der Waals surface area contributed by atoms with Crippen LogP contribution in [-0.4, -0.2) is 41.9 Å². The Morgan fingerprint density at radius 3 is 2.32 bits per heavy atom. The lowest BCUT2D eigenvalue weighted by atomic mass is 9.92. The third-order valence-corrected chi connectivity index (χ3v) is 4.54. The molecular weight excluding hydrogens is 238 g/mol. The van der Waals surface area contributed by atoms with Gasteiger partial charge >= 0.3 is 0 Å². The van der Waals surface area contributed by atoms with Gasteiger partial charge in [0.25, 0.3) is 0 Å². The van der Waals surface area contributed by atoms with Crippen molar-refractivity contribution in [3.05, 3.63) is 24.3 Å². The summed E-state index contributed by atoms with van der Waals surface area (Å²) in [6.45, 7) is 5.29. The van der Waals surface area contributed by atoms with E-state index in [1.54, 1.807) is 0 Å². The van der Waals surface area contributed by atoms with Gasteiger partial charge in [0.05, 0.1) is 0 Å². The van der Waals surface area contributed by atoms with Gasteiger partial charge in [-0.3, -0.25) is 4.90 Å². The average molecular weight is 261 g/mol. The summed E-state index contributed by atoms with van der Waals surface area (Å²) in [6, 6.07) is 8.66. The lowest BCUT2D eigenvalue weighted by Gasteiger charge is -2.50. The topological polar surface area (TPSA) is 52.7 Å². The van der Waals surface area contributed by atoms with E-state index in [4.69, 9.17) is 5.73 Å². The van der Waals surface area contributed by atoms with Crippen molar-refractivity contribution in [1.29, 1.82) is 0 Å². The van der Waals surface area contributed by atoms with Crippen molar-refractivity contribution in [2.45, 2.75) is 32.0 Å². The largest absolute Gasteiger partial charge is 0.399 e. The van der Waals surface area contributed by atoms with Gasteiger partial charge in [-0.15, -0.1) is 0 Å². The molecule has 0 aromatic heterocycles. The zero-order chi connectivity index (χ0) is 13.4. The number of nitrogen functional groups attached to an aromatic ring is 1. The van der Waals surface area contributed by atoms with Gasteiger partial charge in [0, 0.05) is 43.0 Å². The molecule has 2 fully saturated rings. The van der Waals surface area contributed by atoms with E-state index in [1.165, 1.54) is 5.69 Å². The van der Waals surface area contributed by atoms with E-state index in [1.807, 2.05) is 12.1 Å². The number of nitrogens with two attached hydrogens (primary N) is 1. The monoisotopic (exact) mass is 261 g/mol. The maximum Gasteiger partial charge on any atom is 0.111 e. The molecule has 2 atom stereocenters. The van der Waals surface area contributed by atoms with Crippen molar-refractivity contribution in [2.24, 2.45) is 5.92 Å². The van der Waals surface area contributed by atoms with Crippen LogP contribution in [-0.2, 0) is 0 Å². The zero-order valence-electron chi connectivity index (χ0n) is 11.5. The van der Waals surface area contributed by atoms with Crippen LogP contribution in [0, 0.1) is 5.92 Å². The molecule has 2 heterocycles. The molecule has 19 heavy (non-hydrogen) atoms. The van der Waals surface area contributed by atoms with Crippen LogP contribution in [0.4, 0.5) is 11.4 Å². The number of anilines is 2. The number of nitrogens with zero attached hydrogens (tertiary/aromatic N) is 2. The molecule has 2 aliphatic rings. The van der Waals surface area contributed by atoms with Crippen molar-refractivity contribution in [2.75, 3.05) is 30.3 Å². The summed E-state index contributed by atoms with van der Waals surface area (Å²) in [4.78, 5) is 4.66. The first kappa shape index (κ1) is 12.8. The van der Waals surface area contributed by atoms with E-state index in [9.17, 15) is 5.11 Å². The Bertz CT molecular complexity index is 426. The Morgan fingerprint density at radius 2 is 1.79 bits per heavy atom. The van der Waals surface area contributed by atoms with Gasteiger partial charge in [0.1, 0.15) is 6.23 Å². The number of aliphatic hydroxyl groups excluding tert-OH is 1. The Labute approximate surface area is 114 Å². The first-order chi connectivity index (χ1) is 9.15. The normalized spacial score (nSPS) is 29.3. The van der Waals surface area contributed by atoms with Crippen molar-refractivity contribution >= 4 is 11.4 Å². The van der Waals surface area contributed by atoms with E-state index in [0.29, 0.717) is 12.0 Å². The molecule has 0 spiro atoms. The summed E-state index contributed by atoms with van der Waals surface area (Å²) in [6.07, 6.45) is 2.05. The molecule has 104 valence electrons. The number of hydrogen-bond donors (Lipinski definition) is 2. The van der Waals surface area contributed by atoms with Crippen LogP contribution < -0.4 is 10.6 Å². The Morgan fingerprint density at radius 1 is 1.16 bits per heavy atom. The van der Waals surface area contributed by atoms with Gasteiger partial charge in [-0.25, -0.2) is 0 Å². The van der Waals surface area contributed by atoms with Crippen LogP contribution in [0.3, 0.4) is 0 Å². The second kappa shape index (κ2) is 5.02. The number of hydrogen-bond acceptors (Lipinski definition) is 4. The van der Waals surface area contributed by atoms with Crippen molar-refractivity contribution in [3.8, 4) is 0 Å². The Kier molecular flexibility index (Phi) is 3.37. The van der Waals surface area contributed by atoms with Gasteiger partial charge in [0.2, 0.25) is 0 Å². The quantitative estimate of drug-likeness (QED) is 0.792. The zero-order valence-corrected chi connectivity index (χ0v) is 11.5. The number of aliphatic hydroxyl groups is 1. The number of piperidine rings is 1. The molecule has 2 saturated heterocycles. The predicted molar refractivity (Wildman–Crippen MR) is 78.0 cm³/mol. The van der Waals surface area contributed by atoms with E-state index < -0.39 is 0 Å². The molecule has 0 aliphatic carbocycles. The van der Waals surface area contributed by atoms with Crippen molar-refractivity contribution in [1.82, 2.24) is 4.90 Å². The van der Waals surface area contributed by atoms with Gasteiger partial charge in [0.15, 0.2) is 0 Å². The fourth-order valence-electron chi connectivity index (χ4n) is 3.23. The van der Waals surface area contributed by atoms with Crippen LogP contribution in [0.2, 0.25) is 0 Å². The van der Waals surface area contributed by atoms with Crippen LogP contribution in [0.25, 0.3) is 0 Å². The van der Waals surface area contributed by atoms with Crippen molar-refractivity contribution < 1.29 is 5.11 Å². The fraction of sp³-hybridized carbons (Fsp3) is 0.600. The highest BCUT2D eigenvalue weighted by atomic mass is 16.3. The standard InChI is InChI=1S/C15H23N3O/c1-11-10-18(15(11)19)14-6-8-17(9-7-14)13-4-2-12(16)3-5-13/h2-5,11,14-15,19H,6-10,16H2,1H3.